The molecule has 0 fully saturated rings. The van der Waals surface area contributed by atoms with Gasteiger partial charge in [0.05, 0.1) is 0 Å². The molecule has 0 aliphatic rings. The van der Waals surface area contributed by atoms with E-state index < -0.39 is 0 Å². The van der Waals surface area contributed by atoms with Crippen LogP contribution in [0.5, 0.6) is 0 Å². The minimum atomic E-state index is 0.592. The minimum absolute atomic E-state index is 0.592. The van der Waals surface area contributed by atoms with Crippen LogP contribution < -0.4 is 4.85 Å². The molecule has 0 aliphatic carbocycles. The van der Waals surface area contributed by atoms with E-state index in [9.17, 15) is 5.21 Å². The van der Waals surface area contributed by atoms with Crippen LogP contribution in [-0.2, 0) is 0 Å². The molecule has 0 bridgehead atoms. The lowest BCUT2D eigenvalue weighted by atomic mass is 10.3. The Morgan fingerprint density at radius 2 is 2.07 bits per heavy atom. The van der Waals surface area contributed by atoms with Gasteiger partial charge in [0.15, 0.2) is 0 Å². The van der Waals surface area contributed by atoms with E-state index in [-0.39, 0.29) is 0 Å². The second kappa shape index (κ2) is 3.71. The number of rotatable bonds is 2. The van der Waals surface area contributed by atoms with Gasteiger partial charge in [-0.2, -0.15) is 0 Å². The Balaban J connectivity index is 2.48. The second-order valence-corrected chi connectivity index (χ2v) is 3.51. The van der Waals surface area contributed by atoms with Gasteiger partial charge in [-0.05, 0) is 23.2 Å². The third kappa shape index (κ3) is 1.46. The highest BCUT2D eigenvalue weighted by Crippen LogP contribution is 2.09. The van der Waals surface area contributed by atoms with Crippen LogP contribution in [0.15, 0.2) is 41.6 Å². The van der Waals surface area contributed by atoms with Crippen molar-refractivity contribution in [3.63, 3.8) is 0 Å². The lowest BCUT2D eigenvalue weighted by Crippen LogP contribution is -2.38. The summed E-state index contributed by atoms with van der Waals surface area (Å²) in [5, 5.41) is 16.2. The molecule has 2 rings (SSSR count). The van der Waals surface area contributed by atoms with Crippen molar-refractivity contribution < 1.29 is 4.85 Å². The highest BCUT2D eigenvalue weighted by atomic mass is 32.2. The van der Waals surface area contributed by atoms with Crippen molar-refractivity contribution in [2.24, 2.45) is 0 Å². The molecule has 72 valence electrons. The molecule has 1 aromatic carbocycles. The van der Waals surface area contributed by atoms with Crippen LogP contribution in [0.25, 0.3) is 5.69 Å². The van der Waals surface area contributed by atoms with Crippen LogP contribution in [0.2, 0.25) is 0 Å². The Labute approximate surface area is 85.7 Å². The van der Waals surface area contributed by atoms with Gasteiger partial charge in [-0.3, -0.25) is 0 Å². The van der Waals surface area contributed by atoms with Crippen LogP contribution >= 0.6 is 11.8 Å². The smallest absolute Gasteiger partial charge is 0.231 e. The predicted octanol–water partition coefficient (Wildman–Crippen LogP) is 1.23. The van der Waals surface area contributed by atoms with Gasteiger partial charge in [-0.15, -0.1) is 4.85 Å². The van der Waals surface area contributed by atoms with E-state index in [1.54, 1.807) is 6.20 Å². The Hall–Kier alpha value is -1.49. The maximum absolute atomic E-state index is 11.6. The zero-order valence-electron chi connectivity index (χ0n) is 7.62. The van der Waals surface area contributed by atoms with Gasteiger partial charge in [-0.25, -0.2) is 0 Å². The normalized spacial score (nSPS) is 10.4. The standard InChI is InChI=1S/C9H9N3OS/c1-14-9-7-10-11(12(9)13)8-5-3-2-4-6-8/h2-7H,1H3. The average Bonchev–Trinajstić information content (AvgIpc) is 2.61. The molecule has 0 spiro atoms. The molecule has 1 heterocycles. The molecule has 1 aromatic heterocycles. The summed E-state index contributed by atoms with van der Waals surface area (Å²) in [6, 6.07) is 9.32. The number of nitrogens with zero attached hydrogens (tertiary/aromatic N) is 3. The molecule has 0 radical (unpaired) electrons. The van der Waals surface area contributed by atoms with Crippen molar-refractivity contribution in [2.75, 3.05) is 6.26 Å². The number of thioether (sulfide) groups is 1. The molecular formula is C9H9N3OS. The first-order chi connectivity index (χ1) is 6.83. The molecule has 0 aliphatic heterocycles. The Kier molecular flexibility index (Phi) is 2.41. The molecule has 14 heavy (non-hydrogen) atoms. The first-order valence-electron chi connectivity index (χ1n) is 4.10. The van der Waals surface area contributed by atoms with E-state index in [0.717, 1.165) is 10.5 Å². The quantitative estimate of drug-likeness (QED) is 0.422. The van der Waals surface area contributed by atoms with Crippen molar-refractivity contribution in [1.82, 2.24) is 9.90 Å². The largest absolute Gasteiger partial charge is 0.691 e. The SMILES string of the molecule is CSc1cnn(-c2ccccc2)[n+]1[O-]. The van der Waals surface area contributed by atoms with Gasteiger partial charge in [0.1, 0.15) is 5.69 Å². The van der Waals surface area contributed by atoms with Gasteiger partial charge >= 0.3 is 0 Å². The van der Waals surface area contributed by atoms with E-state index in [0.29, 0.717) is 5.03 Å². The lowest BCUT2D eigenvalue weighted by molar-refractivity contribution is -0.723. The molecule has 0 unspecified atom stereocenters. The van der Waals surface area contributed by atoms with Crippen LogP contribution in [0.4, 0.5) is 0 Å². The molecule has 4 nitrogen and oxygen atoms in total. The number of aromatic nitrogens is 3. The Bertz CT molecular complexity index is 427. The highest BCUT2D eigenvalue weighted by molar-refractivity contribution is 7.98. The topological polar surface area (TPSA) is 44.8 Å². The molecule has 0 amide bonds. The first kappa shape index (κ1) is 9.08. The van der Waals surface area contributed by atoms with Gasteiger partial charge in [0.25, 0.3) is 0 Å². The molecule has 0 N–H and O–H groups in total. The molecular weight excluding hydrogens is 198 g/mol. The monoisotopic (exact) mass is 207 g/mol. The van der Waals surface area contributed by atoms with Gasteiger partial charge in [-0.1, -0.05) is 30.0 Å². The van der Waals surface area contributed by atoms with Crippen LogP contribution in [0, 0.1) is 5.21 Å². The van der Waals surface area contributed by atoms with Crippen LogP contribution in [0.3, 0.4) is 0 Å². The first-order valence-corrected chi connectivity index (χ1v) is 5.32. The van der Waals surface area contributed by atoms with E-state index in [2.05, 4.69) is 5.10 Å². The number of hydrogen-bond acceptors (Lipinski definition) is 3. The number of hydrogen-bond donors (Lipinski definition) is 0. The molecule has 0 saturated carbocycles. The average molecular weight is 207 g/mol. The fourth-order valence-electron chi connectivity index (χ4n) is 1.16. The summed E-state index contributed by atoms with van der Waals surface area (Å²) >= 11 is 1.38. The summed E-state index contributed by atoms with van der Waals surface area (Å²) in [4.78, 5) is 2.10. The molecule has 5 heteroatoms. The maximum atomic E-state index is 11.6. The highest BCUT2D eigenvalue weighted by Gasteiger charge is 2.11. The van der Waals surface area contributed by atoms with Gasteiger partial charge in [0.2, 0.25) is 11.2 Å². The number of para-hydroxylation sites is 1. The van der Waals surface area contributed by atoms with Gasteiger partial charge in [0, 0.05) is 5.10 Å². The van der Waals surface area contributed by atoms with E-state index in [1.165, 1.54) is 16.6 Å². The maximum Gasteiger partial charge on any atom is 0.231 e. The second-order valence-electron chi connectivity index (χ2n) is 2.68. The molecule has 2 aromatic rings. The third-order valence-corrected chi connectivity index (χ3v) is 2.51. The summed E-state index contributed by atoms with van der Waals surface area (Å²) in [5.74, 6) is 0. The van der Waals surface area contributed by atoms with Crippen LogP contribution in [0.1, 0.15) is 0 Å². The van der Waals surface area contributed by atoms with Crippen molar-refractivity contribution >= 4 is 11.8 Å². The summed E-state index contributed by atoms with van der Waals surface area (Å²) in [6.07, 6.45) is 3.41. The lowest BCUT2D eigenvalue weighted by Gasteiger charge is -2.04. The predicted molar refractivity (Wildman–Crippen MR) is 54.3 cm³/mol. The molecule has 0 saturated heterocycles. The Morgan fingerprint density at radius 1 is 1.36 bits per heavy atom. The fourth-order valence-corrected chi connectivity index (χ4v) is 1.54. The number of benzene rings is 1. The zero-order valence-corrected chi connectivity index (χ0v) is 8.44. The fraction of sp³-hybridized carbons (Fsp3) is 0.111. The van der Waals surface area contributed by atoms with E-state index in [1.807, 2.05) is 36.6 Å². The summed E-state index contributed by atoms with van der Waals surface area (Å²) in [6.45, 7) is 0. The van der Waals surface area contributed by atoms with Crippen LogP contribution in [-0.4, -0.2) is 16.2 Å². The van der Waals surface area contributed by atoms with Crippen molar-refractivity contribution in [3.05, 3.63) is 41.7 Å². The third-order valence-electron chi connectivity index (χ3n) is 1.83. The van der Waals surface area contributed by atoms with Crippen molar-refractivity contribution in [3.8, 4) is 5.69 Å². The van der Waals surface area contributed by atoms with Crippen molar-refractivity contribution in [1.29, 1.82) is 0 Å². The Morgan fingerprint density at radius 3 is 2.64 bits per heavy atom. The summed E-state index contributed by atoms with van der Waals surface area (Å²) < 4.78 is 0. The summed E-state index contributed by atoms with van der Waals surface area (Å²) in [5.41, 5.74) is 0.766. The van der Waals surface area contributed by atoms with Crippen molar-refractivity contribution in [2.45, 2.75) is 5.03 Å². The minimum Gasteiger partial charge on any atom is -0.691 e. The molecule has 0 atom stereocenters. The van der Waals surface area contributed by atoms with Gasteiger partial charge < -0.3 is 5.21 Å². The zero-order chi connectivity index (χ0) is 9.97. The summed E-state index contributed by atoms with van der Waals surface area (Å²) in [7, 11) is 0. The van der Waals surface area contributed by atoms with E-state index in [4.69, 9.17) is 0 Å². The van der Waals surface area contributed by atoms with E-state index >= 15 is 0 Å².